The average molecular weight is 190 g/mol. The van der Waals surface area contributed by atoms with Gasteiger partial charge < -0.3 is 5.73 Å². The number of benzene rings is 1. The van der Waals surface area contributed by atoms with Gasteiger partial charge in [-0.1, -0.05) is 12.1 Å². The summed E-state index contributed by atoms with van der Waals surface area (Å²) in [5, 5.41) is 0. The first-order chi connectivity index (χ1) is 6.27. The molecule has 2 rings (SSSR count). The molecule has 0 saturated carbocycles. The maximum atomic E-state index is 5.89. The SMILES string of the molecule is Cc1ccc(-c2ccns2)c(N)c1. The molecule has 0 spiro atoms. The molecule has 0 radical (unpaired) electrons. The molecule has 0 bridgehead atoms. The highest BCUT2D eigenvalue weighted by Crippen LogP contribution is 2.28. The highest BCUT2D eigenvalue weighted by atomic mass is 32.1. The van der Waals surface area contributed by atoms with E-state index in [0.29, 0.717) is 0 Å². The van der Waals surface area contributed by atoms with Gasteiger partial charge in [0.25, 0.3) is 0 Å². The zero-order valence-corrected chi connectivity index (χ0v) is 8.14. The van der Waals surface area contributed by atoms with Crippen LogP contribution in [-0.4, -0.2) is 4.37 Å². The molecule has 3 heteroatoms. The Morgan fingerprint density at radius 3 is 2.77 bits per heavy atom. The van der Waals surface area contributed by atoms with Crippen molar-refractivity contribution in [2.45, 2.75) is 6.92 Å². The van der Waals surface area contributed by atoms with Crippen LogP contribution < -0.4 is 5.73 Å². The summed E-state index contributed by atoms with van der Waals surface area (Å²) in [7, 11) is 0. The number of anilines is 1. The lowest BCUT2D eigenvalue weighted by atomic mass is 10.1. The molecule has 2 N–H and O–H groups in total. The van der Waals surface area contributed by atoms with Crippen LogP contribution in [-0.2, 0) is 0 Å². The molecule has 66 valence electrons. The number of aryl methyl sites for hydroxylation is 1. The maximum absolute atomic E-state index is 5.89. The molecule has 1 aromatic heterocycles. The lowest BCUT2D eigenvalue weighted by molar-refractivity contribution is 1.48. The van der Waals surface area contributed by atoms with Crippen molar-refractivity contribution in [2.24, 2.45) is 0 Å². The third-order valence-corrected chi connectivity index (χ3v) is 2.69. The van der Waals surface area contributed by atoms with E-state index < -0.39 is 0 Å². The molecule has 13 heavy (non-hydrogen) atoms. The van der Waals surface area contributed by atoms with Crippen molar-refractivity contribution < 1.29 is 0 Å². The van der Waals surface area contributed by atoms with E-state index in [-0.39, 0.29) is 0 Å². The van der Waals surface area contributed by atoms with Gasteiger partial charge >= 0.3 is 0 Å². The molecular formula is C10H10N2S. The van der Waals surface area contributed by atoms with Crippen molar-refractivity contribution in [1.82, 2.24) is 4.37 Å². The topological polar surface area (TPSA) is 38.9 Å². The minimum absolute atomic E-state index is 0.823. The predicted molar refractivity (Wildman–Crippen MR) is 56.7 cm³/mol. The summed E-state index contributed by atoms with van der Waals surface area (Å²) in [6.07, 6.45) is 1.79. The molecule has 0 unspecified atom stereocenters. The van der Waals surface area contributed by atoms with Gasteiger partial charge in [-0.05, 0) is 36.2 Å². The normalized spacial score (nSPS) is 10.2. The Hall–Kier alpha value is -1.35. The highest BCUT2D eigenvalue weighted by Gasteiger charge is 2.03. The minimum Gasteiger partial charge on any atom is -0.398 e. The van der Waals surface area contributed by atoms with Crippen molar-refractivity contribution in [3.63, 3.8) is 0 Å². The standard InChI is InChI=1S/C10H10N2S/c1-7-2-3-8(9(11)6-7)10-4-5-12-13-10/h2-6H,11H2,1H3. The second-order valence-electron chi connectivity index (χ2n) is 2.97. The molecule has 0 aliphatic rings. The van der Waals surface area contributed by atoms with Crippen molar-refractivity contribution in [2.75, 3.05) is 5.73 Å². The summed E-state index contributed by atoms with van der Waals surface area (Å²) in [6.45, 7) is 2.03. The van der Waals surface area contributed by atoms with Gasteiger partial charge in [-0.2, -0.15) is 0 Å². The van der Waals surface area contributed by atoms with E-state index in [2.05, 4.69) is 10.4 Å². The van der Waals surface area contributed by atoms with Crippen molar-refractivity contribution in [3.8, 4) is 10.4 Å². The van der Waals surface area contributed by atoms with Gasteiger partial charge in [0.2, 0.25) is 0 Å². The fourth-order valence-electron chi connectivity index (χ4n) is 1.26. The van der Waals surface area contributed by atoms with Gasteiger partial charge in [0, 0.05) is 17.4 Å². The number of nitrogens with zero attached hydrogens (tertiary/aromatic N) is 1. The first kappa shape index (κ1) is 8.26. The quantitative estimate of drug-likeness (QED) is 0.702. The smallest absolute Gasteiger partial charge is 0.0570 e. The van der Waals surface area contributed by atoms with Crippen LogP contribution in [0.15, 0.2) is 30.5 Å². The second kappa shape index (κ2) is 3.18. The van der Waals surface area contributed by atoms with E-state index >= 15 is 0 Å². The molecule has 0 amide bonds. The molecule has 0 fully saturated rings. The van der Waals surface area contributed by atoms with Gasteiger partial charge in [0.05, 0.1) is 4.88 Å². The summed E-state index contributed by atoms with van der Waals surface area (Å²) in [5.74, 6) is 0. The molecule has 2 aromatic rings. The Kier molecular flexibility index (Phi) is 2.02. The molecule has 1 heterocycles. The molecule has 0 saturated heterocycles. The van der Waals surface area contributed by atoms with E-state index in [1.807, 2.05) is 25.1 Å². The molecular weight excluding hydrogens is 180 g/mol. The third kappa shape index (κ3) is 1.55. The Labute approximate surface area is 81.2 Å². The summed E-state index contributed by atoms with van der Waals surface area (Å²) >= 11 is 1.47. The van der Waals surface area contributed by atoms with E-state index in [9.17, 15) is 0 Å². The Morgan fingerprint density at radius 1 is 1.31 bits per heavy atom. The van der Waals surface area contributed by atoms with Crippen LogP contribution in [0.2, 0.25) is 0 Å². The Balaban J connectivity index is 2.53. The van der Waals surface area contributed by atoms with Crippen molar-refractivity contribution in [1.29, 1.82) is 0 Å². The monoisotopic (exact) mass is 190 g/mol. The van der Waals surface area contributed by atoms with Crippen molar-refractivity contribution in [3.05, 3.63) is 36.0 Å². The van der Waals surface area contributed by atoms with Gasteiger partial charge in [0.1, 0.15) is 0 Å². The summed E-state index contributed by atoms with van der Waals surface area (Å²) in [6, 6.07) is 8.06. The van der Waals surface area contributed by atoms with Crippen LogP contribution in [0.3, 0.4) is 0 Å². The van der Waals surface area contributed by atoms with E-state index in [1.165, 1.54) is 17.1 Å². The predicted octanol–water partition coefficient (Wildman–Crippen LogP) is 2.70. The van der Waals surface area contributed by atoms with Crippen LogP contribution in [0, 0.1) is 6.92 Å². The molecule has 0 aliphatic carbocycles. The van der Waals surface area contributed by atoms with Gasteiger partial charge in [0.15, 0.2) is 0 Å². The van der Waals surface area contributed by atoms with E-state index in [4.69, 9.17) is 5.73 Å². The number of hydrogen-bond donors (Lipinski definition) is 1. The number of hydrogen-bond acceptors (Lipinski definition) is 3. The van der Waals surface area contributed by atoms with E-state index in [0.717, 1.165) is 16.1 Å². The zero-order valence-electron chi connectivity index (χ0n) is 7.32. The lowest BCUT2D eigenvalue weighted by Gasteiger charge is -2.02. The highest BCUT2D eigenvalue weighted by molar-refractivity contribution is 7.09. The Bertz CT molecular complexity index is 407. The Morgan fingerprint density at radius 2 is 2.15 bits per heavy atom. The molecule has 0 aliphatic heterocycles. The third-order valence-electron chi connectivity index (χ3n) is 1.91. The molecule has 1 aromatic carbocycles. The van der Waals surface area contributed by atoms with Crippen LogP contribution in [0.4, 0.5) is 5.69 Å². The number of rotatable bonds is 1. The largest absolute Gasteiger partial charge is 0.398 e. The molecule has 2 nitrogen and oxygen atoms in total. The second-order valence-corrected chi connectivity index (χ2v) is 3.80. The van der Waals surface area contributed by atoms with Gasteiger partial charge in [-0.15, -0.1) is 0 Å². The number of nitrogen functional groups attached to an aromatic ring is 1. The molecule has 0 atom stereocenters. The zero-order chi connectivity index (χ0) is 9.26. The summed E-state index contributed by atoms with van der Waals surface area (Å²) in [5.41, 5.74) is 8.98. The fraction of sp³-hybridized carbons (Fsp3) is 0.100. The average Bonchev–Trinajstić information content (AvgIpc) is 2.56. The number of nitrogens with two attached hydrogens (primary N) is 1. The van der Waals surface area contributed by atoms with Gasteiger partial charge in [-0.3, -0.25) is 0 Å². The first-order valence-corrected chi connectivity index (χ1v) is 4.82. The van der Waals surface area contributed by atoms with Crippen LogP contribution in [0.5, 0.6) is 0 Å². The lowest BCUT2D eigenvalue weighted by Crippen LogP contribution is -1.88. The van der Waals surface area contributed by atoms with Crippen LogP contribution in [0.25, 0.3) is 10.4 Å². The van der Waals surface area contributed by atoms with Gasteiger partial charge in [-0.25, -0.2) is 4.37 Å². The van der Waals surface area contributed by atoms with E-state index in [1.54, 1.807) is 6.20 Å². The number of aromatic nitrogens is 1. The summed E-state index contributed by atoms with van der Waals surface area (Å²) < 4.78 is 4.05. The van der Waals surface area contributed by atoms with Crippen LogP contribution in [0.1, 0.15) is 5.56 Å². The van der Waals surface area contributed by atoms with Crippen LogP contribution >= 0.6 is 11.5 Å². The minimum atomic E-state index is 0.823. The first-order valence-electron chi connectivity index (χ1n) is 4.04. The van der Waals surface area contributed by atoms with Crippen molar-refractivity contribution >= 4 is 17.2 Å². The fourth-order valence-corrected chi connectivity index (χ4v) is 1.90. The maximum Gasteiger partial charge on any atom is 0.0570 e. The summed E-state index contributed by atoms with van der Waals surface area (Å²) in [4.78, 5) is 1.12.